The fourth-order valence-electron chi connectivity index (χ4n) is 0.740. The molecule has 1 nitrogen and oxygen atoms in total. The van der Waals surface area contributed by atoms with Crippen molar-refractivity contribution in [2.75, 3.05) is 0 Å². The average molecular weight is 240 g/mol. The van der Waals surface area contributed by atoms with Crippen molar-refractivity contribution in [3.8, 4) is 0 Å². The van der Waals surface area contributed by atoms with Crippen LogP contribution in [0.5, 0.6) is 0 Å². The number of alkyl halides is 3. The SMILES string of the molecule is FCc1cc(C(F)F)c(Br)cn1. The van der Waals surface area contributed by atoms with Crippen LogP contribution in [-0.4, -0.2) is 4.98 Å². The number of pyridine rings is 1. The van der Waals surface area contributed by atoms with Crippen molar-refractivity contribution in [3.63, 3.8) is 0 Å². The molecule has 0 spiro atoms. The normalized spacial score (nSPS) is 10.8. The fraction of sp³-hybridized carbons (Fsp3) is 0.286. The monoisotopic (exact) mass is 239 g/mol. The number of rotatable bonds is 2. The molecule has 1 rings (SSSR count). The first-order valence-electron chi connectivity index (χ1n) is 3.13. The molecule has 1 heterocycles. The highest BCUT2D eigenvalue weighted by Gasteiger charge is 2.12. The molecular weight excluding hydrogens is 235 g/mol. The Morgan fingerprint density at radius 1 is 1.50 bits per heavy atom. The summed E-state index contributed by atoms with van der Waals surface area (Å²) in [4.78, 5) is 3.58. The van der Waals surface area contributed by atoms with Crippen LogP contribution >= 0.6 is 15.9 Å². The summed E-state index contributed by atoms with van der Waals surface area (Å²) in [6.45, 7) is -0.826. The third-order valence-corrected chi connectivity index (χ3v) is 1.98. The Morgan fingerprint density at radius 3 is 2.67 bits per heavy atom. The van der Waals surface area contributed by atoms with Crippen LogP contribution in [0.1, 0.15) is 17.7 Å². The van der Waals surface area contributed by atoms with E-state index in [4.69, 9.17) is 0 Å². The zero-order chi connectivity index (χ0) is 9.14. The summed E-state index contributed by atoms with van der Waals surface area (Å²) in [5.41, 5.74) is -0.203. The van der Waals surface area contributed by atoms with E-state index < -0.39 is 13.1 Å². The predicted molar refractivity (Wildman–Crippen MR) is 41.7 cm³/mol. The van der Waals surface area contributed by atoms with Crippen LogP contribution in [0.15, 0.2) is 16.7 Å². The van der Waals surface area contributed by atoms with Gasteiger partial charge in [0.2, 0.25) is 0 Å². The number of halogens is 4. The van der Waals surface area contributed by atoms with Gasteiger partial charge in [0.15, 0.2) is 0 Å². The van der Waals surface area contributed by atoms with Gasteiger partial charge in [0, 0.05) is 16.2 Å². The lowest BCUT2D eigenvalue weighted by Gasteiger charge is -2.03. The zero-order valence-electron chi connectivity index (χ0n) is 5.90. The maximum atomic E-state index is 12.2. The summed E-state index contributed by atoms with van der Waals surface area (Å²) < 4.78 is 36.5. The van der Waals surface area contributed by atoms with Gasteiger partial charge >= 0.3 is 0 Å². The number of hydrogen-bond donors (Lipinski definition) is 0. The molecule has 1 aromatic heterocycles. The van der Waals surface area contributed by atoms with Crippen LogP contribution in [0.3, 0.4) is 0 Å². The van der Waals surface area contributed by atoms with E-state index in [1.807, 2.05) is 0 Å². The molecule has 0 amide bonds. The Bertz CT molecular complexity index is 277. The minimum Gasteiger partial charge on any atom is -0.257 e. The second kappa shape index (κ2) is 3.89. The third-order valence-electron chi connectivity index (χ3n) is 1.31. The minimum absolute atomic E-state index is 0.0218. The van der Waals surface area contributed by atoms with Gasteiger partial charge in [0.05, 0.1) is 5.69 Å². The zero-order valence-corrected chi connectivity index (χ0v) is 7.48. The fourth-order valence-corrected chi connectivity index (χ4v) is 1.13. The Hall–Kier alpha value is -0.580. The average Bonchev–Trinajstić information content (AvgIpc) is 2.05. The van der Waals surface area contributed by atoms with Crippen LogP contribution in [0, 0.1) is 0 Å². The molecule has 0 unspecified atom stereocenters. The van der Waals surface area contributed by atoms with E-state index in [1.54, 1.807) is 0 Å². The molecule has 66 valence electrons. The maximum absolute atomic E-state index is 12.2. The minimum atomic E-state index is -2.60. The second-order valence-electron chi connectivity index (χ2n) is 2.13. The highest BCUT2D eigenvalue weighted by atomic mass is 79.9. The summed E-state index contributed by atoms with van der Waals surface area (Å²) in [5.74, 6) is 0. The molecule has 0 radical (unpaired) electrons. The molecule has 0 aliphatic rings. The van der Waals surface area contributed by atoms with Gasteiger partial charge in [-0.2, -0.15) is 0 Å². The second-order valence-corrected chi connectivity index (χ2v) is 2.99. The van der Waals surface area contributed by atoms with Crippen LogP contribution in [0.4, 0.5) is 13.2 Å². The van der Waals surface area contributed by atoms with Crippen molar-refractivity contribution in [1.82, 2.24) is 4.98 Å². The molecule has 0 aromatic carbocycles. The van der Waals surface area contributed by atoms with Crippen molar-refractivity contribution >= 4 is 15.9 Å². The molecule has 0 fully saturated rings. The van der Waals surface area contributed by atoms with Gasteiger partial charge in [-0.25, -0.2) is 13.2 Å². The summed E-state index contributed by atoms with van der Waals surface area (Å²) in [5, 5.41) is 0. The quantitative estimate of drug-likeness (QED) is 0.773. The Morgan fingerprint density at radius 2 is 2.17 bits per heavy atom. The van der Waals surface area contributed by atoms with E-state index in [9.17, 15) is 13.2 Å². The molecule has 1 aromatic rings. The van der Waals surface area contributed by atoms with E-state index in [0.29, 0.717) is 0 Å². The Balaban J connectivity index is 3.08. The van der Waals surface area contributed by atoms with Gasteiger partial charge in [0.1, 0.15) is 6.67 Å². The number of hydrogen-bond acceptors (Lipinski definition) is 1. The Kier molecular flexibility index (Phi) is 3.08. The molecule has 0 N–H and O–H groups in total. The van der Waals surface area contributed by atoms with Crippen molar-refractivity contribution in [2.45, 2.75) is 13.1 Å². The topological polar surface area (TPSA) is 12.9 Å². The summed E-state index contributed by atoms with van der Waals surface area (Å²) in [6, 6.07) is 1.05. The van der Waals surface area contributed by atoms with E-state index in [2.05, 4.69) is 20.9 Å². The maximum Gasteiger partial charge on any atom is 0.265 e. The number of nitrogens with zero attached hydrogens (tertiary/aromatic N) is 1. The first-order chi connectivity index (χ1) is 5.65. The van der Waals surface area contributed by atoms with E-state index in [-0.39, 0.29) is 15.7 Å². The molecule has 0 saturated carbocycles. The highest BCUT2D eigenvalue weighted by molar-refractivity contribution is 9.10. The van der Waals surface area contributed by atoms with Crippen LogP contribution in [0.25, 0.3) is 0 Å². The number of aromatic nitrogens is 1. The summed E-state index contributed by atoms with van der Waals surface area (Å²) in [7, 11) is 0. The van der Waals surface area contributed by atoms with Crippen LogP contribution in [0.2, 0.25) is 0 Å². The lowest BCUT2D eigenvalue weighted by atomic mass is 10.2. The van der Waals surface area contributed by atoms with Crippen LogP contribution in [-0.2, 0) is 6.67 Å². The van der Waals surface area contributed by atoms with Crippen molar-refractivity contribution in [3.05, 3.63) is 28.0 Å². The van der Waals surface area contributed by atoms with Crippen molar-refractivity contribution < 1.29 is 13.2 Å². The highest BCUT2D eigenvalue weighted by Crippen LogP contribution is 2.27. The predicted octanol–water partition coefficient (Wildman–Crippen LogP) is 3.25. The molecule has 12 heavy (non-hydrogen) atoms. The van der Waals surface area contributed by atoms with Crippen molar-refractivity contribution in [2.24, 2.45) is 0 Å². The third kappa shape index (κ3) is 1.97. The Labute approximate surface area is 75.7 Å². The molecule has 5 heteroatoms. The van der Waals surface area contributed by atoms with Gasteiger partial charge in [-0.3, -0.25) is 4.98 Å². The standard InChI is InChI=1S/C7H5BrF3N/c8-6-3-12-4(2-9)1-5(6)7(10)11/h1,3,7H,2H2. The molecule has 0 saturated heterocycles. The van der Waals surface area contributed by atoms with Gasteiger partial charge < -0.3 is 0 Å². The van der Waals surface area contributed by atoms with Gasteiger partial charge in [-0.1, -0.05) is 0 Å². The van der Waals surface area contributed by atoms with Gasteiger partial charge in [0.25, 0.3) is 6.43 Å². The summed E-state index contributed by atoms with van der Waals surface area (Å²) in [6.07, 6.45) is -1.43. The molecule has 0 atom stereocenters. The van der Waals surface area contributed by atoms with Gasteiger partial charge in [-0.15, -0.1) is 0 Å². The largest absolute Gasteiger partial charge is 0.265 e. The molecular formula is C7H5BrF3N. The summed E-state index contributed by atoms with van der Waals surface area (Å²) >= 11 is 2.90. The molecule has 0 aliphatic carbocycles. The first-order valence-corrected chi connectivity index (χ1v) is 3.93. The van der Waals surface area contributed by atoms with Gasteiger partial charge in [-0.05, 0) is 22.0 Å². The van der Waals surface area contributed by atoms with E-state index in [0.717, 1.165) is 6.07 Å². The molecule has 0 aliphatic heterocycles. The van der Waals surface area contributed by atoms with E-state index in [1.165, 1.54) is 6.20 Å². The van der Waals surface area contributed by atoms with Crippen LogP contribution < -0.4 is 0 Å². The lowest BCUT2D eigenvalue weighted by molar-refractivity contribution is 0.150. The smallest absolute Gasteiger partial charge is 0.257 e. The molecule has 0 bridgehead atoms. The van der Waals surface area contributed by atoms with Crippen molar-refractivity contribution in [1.29, 1.82) is 0 Å². The lowest BCUT2D eigenvalue weighted by Crippen LogP contribution is -1.92. The van der Waals surface area contributed by atoms with E-state index >= 15 is 0 Å². The first kappa shape index (κ1) is 9.51.